The monoisotopic (exact) mass is 292 g/mol. The van der Waals surface area contributed by atoms with E-state index in [0.29, 0.717) is 36.2 Å². The van der Waals surface area contributed by atoms with Gasteiger partial charge in [0.25, 0.3) is 0 Å². The first kappa shape index (κ1) is 15.1. The topological polar surface area (TPSA) is 98.0 Å². The molecule has 0 amide bonds. The number of rotatable bonds is 6. The number of nitrogens with two attached hydrogens (primary N) is 1. The zero-order chi connectivity index (χ0) is 13.8. The van der Waals surface area contributed by atoms with Gasteiger partial charge >= 0.3 is 0 Å². The quantitative estimate of drug-likeness (QED) is 0.604. The number of nitrogens with one attached hydrogen (secondary N) is 1. The number of anilines is 1. The number of aryl methyl sites for hydroxylation is 1. The molecule has 0 aliphatic carbocycles. The third-order valence-electron chi connectivity index (χ3n) is 2.35. The summed E-state index contributed by atoms with van der Waals surface area (Å²) in [5.74, 6) is 1.24. The van der Waals surface area contributed by atoms with Gasteiger partial charge in [0.05, 0.1) is 5.75 Å². The zero-order valence-electron chi connectivity index (χ0n) is 10.4. The summed E-state index contributed by atoms with van der Waals surface area (Å²) in [6, 6.07) is 0. The number of hydrogen-bond donors (Lipinski definition) is 2. The normalized spacial score (nSPS) is 11.6. The van der Waals surface area contributed by atoms with Crippen LogP contribution in [0.3, 0.4) is 0 Å². The van der Waals surface area contributed by atoms with E-state index in [1.54, 1.807) is 0 Å². The Morgan fingerprint density at radius 1 is 1.39 bits per heavy atom. The van der Waals surface area contributed by atoms with E-state index in [9.17, 15) is 8.42 Å². The van der Waals surface area contributed by atoms with Crippen LogP contribution in [0.15, 0.2) is 0 Å². The molecule has 0 spiro atoms. The van der Waals surface area contributed by atoms with Gasteiger partial charge in [0, 0.05) is 18.5 Å². The second-order valence-electron chi connectivity index (χ2n) is 3.91. The van der Waals surface area contributed by atoms with Crippen LogP contribution in [0.1, 0.15) is 24.7 Å². The van der Waals surface area contributed by atoms with Crippen LogP contribution in [-0.2, 0) is 16.4 Å². The first-order chi connectivity index (χ1) is 8.33. The van der Waals surface area contributed by atoms with Crippen LogP contribution in [0.5, 0.6) is 0 Å². The predicted molar refractivity (Wildman–Crippen MR) is 72.2 cm³/mol. The van der Waals surface area contributed by atoms with E-state index in [0.717, 1.165) is 5.56 Å². The largest absolute Gasteiger partial charge is 0.370 e. The molecule has 8 heteroatoms. The molecule has 3 N–H and O–H groups in total. The molecule has 102 valence electrons. The third kappa shape index (κ3) is 4.75. The van der Waals surface area contributed by atoms with Crippen molar-refractivity contribution in [3.8, 4) is 0 Å². The van der Waals surface area contributed by atoms with Crippen molar-refractivity contribution in [2.75, 3.05) is 17.6 Å². The molecule has 0 unspecified atom stereocenters. The Morgan fingerprint density at radius 3 is 2.61 bits per heavy atom. The van der Waals surface area contributed by atoms with Gasteiger partial charge in [0.2, 0.25) is 10.0 Å². The second-order valence-corrected chi connectivity index (χ2v) is 6.00. The molecule has 0 saturated heterocycles. The summed E-state index contributed by atoms with van der Waals surface area (Å²) in [4.78, 5) is 8.42. The van der Waals surface area contributed by atoms with Crippen LogP contribution in [0.4, 0.5) is 5.82 Å². The fourth-order valence-corrected chi connectivity index (χ4v) is 2.08. The predicted octanol–water partition coefficient (Wildman–Crippen LogP) is 1.09. The average Bonchev–Trinajstić information content (AvgIpc) is 2.28. The lowest BCUT2D eigenvalue weighted by Gasteiger charge is -2.10. The smallest absolute Gasteiger partial charge is 0.209 e. The summed E-state index contributed by atoms with van der Waals surface area (Å²) in [7, 11) is -3.41. The van der Waals surface area contributed by atoms with Gasteiger partial charge in [-0.15, -0.1) is 0 Å². The summed E-state index contributed by atoms with van der Waals surface area (Å²) >= 11 is 5.98. The maximum Gasteiger partial charge on any atom is 0.209 e. The number of aromatic nitrogens is 2. The van der Waals surface area contributed by atoms with Crippen molar-refractivity contribution in [3.63, 3.8) is 0 Å². The van der Waals surface area contributed by atoms with Crippen LogP contribution < -0.4 is 10.5 Å². The highest BCUT2D eigenvalue weighted by atomic mass is 35.5. The molecule has 1 aromatic heterocycles. The molecule has 6 nitrogen and oxygen atoms in total. The lowest BCUT2D eigenvalue weighted by atomic mass is 10.3. The average molecular weight is 293 g/mol. The molecule has 0 radical (unpaired) electrons. The summed E-state index contributed by atoms with van der Waals surface area (Å²) < 4.78 is 21.5. The Morgan fingerprint density at radius 2 is 2.06 bits per heavy atom. The lowest BCUT2D eigenvalue weighted by Crippen LogP contribution is -2.19. The first-order valence-corrected chi connectivity index (χ1v) is 7.70. The molecule has 0 saturated carbocycles. The molecule has 0 atom stereocenters. The number of hydrogen-bond acceptors (Lipinski definition) is 5. The Bertz CT molecular complexity index is 519. The van der Waals surface area contributed by atoms with Crippen LogP contribution in [0.2, 0.25) is 5.15 Å². The van der Waals surface area contributed by atoms with E-state index in [-0.39, 0.29) is 5.75 Å². The van der Waals surface area contributed by atoms with Crippen molar-refractivity contribution in [1.82, 2.24) is 9.97 Å². The number of sulfonamides is 1. The van der Waals surface area contributed by atoms with E-state index < -0.39 is 10.0 Å². The van der Waals surface area contributed by atoms with Crippen molar-refractivity contribution >= 4 is 27.4 Å². The molecule has 0 fully saturated rings. The summed E-state index contributed by atoms with van der Waals surface area (Å²) in [5.41, 5.74) is 0.754. The van der Waals surface area contributed by atoms with Gasteiger partial charge in [-0.05, 0) is 13.3 Å². The third-order valence-corrected chi connectivity index (χ3v) is 3.57. The van der Waals surface area contributed by atoms with E-state index in [4.69, 9.17) is 16.7 Å². The van der Waals surface area contributed by atoms with Crippen molar-refractivity contribution in [2.24, 2.45) is 5.14 Å². The number of halogens is 1. The van der Waals surface area contributed by atoms with Crippen molar-refractivity contribution in [2.45, 2.75) is 26.7 Å². The highest BCUT2D eigenvalue weighted by Crippen LogP contribution is 2.19. The van der Waals surface area contributed by atoms with Gasteiger partial charge in [-0.2, -0.15) is 0 Å². The molecular weight excluding hydrogens is 276 g/mol. The molecule has 0 aromatic carbocycles. The van der Waals surface area contributed by atoms with Gasteiger partial charge in [0.1, 0.15) is 16.8 Å². The van der Waals surface area contributed by atoms with Gasteiger partial charge in [-0.25, -0.2) is 23.5 Å². The summed E-state index contributed by atoms with van der Waals surface area (Å²) in [5, 5.41) is 8.37. The summed E-state index contributed by atoms with van der Waals surface area (Å²) in [6.07, 6.45) is 1.10. The van der Waals surface area contributed by atoms with Crippen molar-refractivity contribution in [3.05, 3.63) is 16.5 Å². The standard InChI is InChI=1S/C10H17ClN4O2S/c1-3-8-14-9(11)7(2)10(15-8)13-5-4-6-18(12,16)17/h3-6H2,1-2H3,(H2,12,16,17)(H,13,14,15). The van der Waals surface area contributed by atoms with Gasteiger partial charge < -0.3 is 5.32 Å². The molecule has 0 aliphatic rings. The lowest BCUT2D eigenvalue weighted by molar-refractivity contribution is 0.595. The van der Waals surface area contributed by atoms with Gasteiger partial charge in [-0.3, -0.25) is 0 Å². The van der Waals surface area contributed by atoms with Gasteiger partial charge in [0.15, 0.2) is 0 Å². The molecule has 0 aliphatic heterocycles. The van der Waals surface area contributed by atoms with Crippen LogP contribution in [-0.4, -0.2) is 30.7 Å². The minimum atomic E-state index is -3.41. The molecule has 1 aromatic rings. The van der Waals surface area contributed by atoms with E-state index >= 15 is 0 Å². The fraction of sp³-hybridized carbons (Fsp3) is 0.600. The molecule has 1 rings (SSSR count). The Hall–Kier alpha value is -0.920. The summed E-state index contributed by atoms with van der Waals surface area (Å²) in [6.45, 7) is 4.21. The minimum Gasteiger partial charge on any atom is -0.370 e. The Kier molecular flexibility index (Phi) is 5.30. The highest BCUT2D eigenvalue weighted by Gasteiger charge is 2.08. The van der Waals surface area contributed by atoms with Crippen molar-refractivity contribution in [1.29, 1.82) is 0 Å². The Labute approximate surface area is 112 Å². The molecule has 0 bridgehead atoms. The second kappa shape index (κ2) is 6.31. The van der Waals surface area contributed by atoms with Crippen LogP contribution >= 0.6 is 11.6 Å². The maximum absolute atomic E-state index is 10.8. The van der Waals surface area contributed by atoms with Crippen LogP contribution in [0.25, 0.3) is 0 Å². The number of primary sulfonamides is 1. The van der Waals surface area contributed by atoms with E-state index in [1.807, 2.05) is 13.8 Å². The fourth-order valence-electron chi connectivity index (χ4n) is 1.34. The SMILES string of the molecule is CCc1nc(Cl)c(C)c(NCCCS(N)(=O)=O)n1. The maximum atomic E-state index is 10.8. The molecule has 18 heavy (non-hydrogen) atoms. The van der Waals surface area contributed by atoms with E-state index in [2.05, 4.69) is 15.3 Å². The minimum absolute atomic E-state index is 0.0570. The van der Waals surface area contributed by atoms with Crippen molar-refractivity contribution < 1.29 is 8.42 Å². The molecular formula is C10H17ClN4O2S. The number of nitrogens with zero attached hydrogens (tertiary/aromatic N) is 2. The Balaban J connectivity index is 2.64. The van der Waals surface area contributed by atoms with Crippen LogP contribution in [0, 0.1) is 6.92 Å². The highest BCUT2D eigenvalue weighted by molar-refractivity contribution is 7.89. The zero-order valence-corrected chi connectivity index (χ0v) is 12.0. The van der Waals surface area contributed by atoms with E-state index in [1.165, 1.54) is 0 Å². The van der Waals surface area contributed by atoms with Gasteiger partial charge in [-0.1, -0.05) is 18.5 Å². The molecule has 1 heterocycles. The first-order valence-electron chi connectivity index (χ1n) is 5.61.